The van der Waals surface area contributed by atoms with Gasteiger partial charge in [-0.05, 0) is 6.07 Å². The number of anilines is 1. The summed E-state index contributed by atoms with van der Waals surface area (Å²) in [5, 5.41) is -0.188. The summed E-state index contributed by atoms with van der Waals surface area (Å²) < 4.78 is 36.4. The molecule has 2 radical (unpaired) electrons. The number of rotatable bonds is 0. The molecule has 0 amide bonds. The van der Waals surface area contributed by atoms with Crippen molar-refractivity contribution in [3.8, 4) is 0 Å². The van der Waals surface area contributed by atoms with Crippen molar-refractivity contribution in [3.63, 3.8) is 0 Å². The highest BCUT2D eigenvalue weighted by molar-refractivity contribution is 6.41. The monoisotopic (exact) mass is 205 g/mol. The summed E-state index contributed by atoms with van der Waals surface area (Å²) in [5.41, 5.74) is 4.17. The Morgan fingerprint density at radius 3 is 2.23 bits per heavy atom. The molecule has 0 aromatic heterocycles. The lowest BCUT2D eigenvalue weighted by molar-refractivity contribution is -0.137. The van der Waals surface area contributed by atoms with Gasteiger partial charge in [0.2, 0.25) is 0 Å². The van der Waals surface area contributed by atoms with Gasteiger partial charge in [-0.15, -0.1) is 0 Å². The van der Waals surface area contributed by atoms with Crippen LogP contribution >= 0.6 is 11.6 Å². The summed E-state index contributed by atoms with van der Waals surface area (Å²) in [7, 11) is 5.21. The highest BCUT2D eigenvalue weighted by Crippen LogP contribution is 2.31. The Hall–Kier alpha value is -0.835. The average Bonchev–Trinajstić information content (AvgIpc) is 1.97. The molecule has 2 N–H and O–H groups in total. The van der Waals surface area contributed by atoms with E-state index in [0.717, 1.165) is 12.1 Å². The zero-order valence-corrected chi connectivity index (χ0v) is 7.08. The van der Waals surface area contributed by atoms with Gasteiger partial charge in [0.1, 0.15) is 7.85 Å². The molecule has 1 aromatic rings. The van der Waals surface area contributed by atoms with Crippen molar-refractivity contribution < 1.29 is 13.2 Å². The lowest BCUT2D eigenvalue weighted by Crippen LogP contribution is -2.15. The van der Waals surface area contributed by atoms with Crippen LogP contribution in [0.3, 0.4) is 0 Å². The highest BCUT2D eigenvalue weighted by Gasteiger charge is 2.31. The first-order valence-corrected chi connectivity index (χ1v) is 3.62. The molecule has 0 aliphatic heterocycles. The Morgan fingerprint density at radius 1 is 1.31 bits per heavy atom. The first-order valence-electron chi connectivity index (χ1n) is 3.24. The van der Waals surface area contributed by atoms with Gasteiger partial charge in [-0.1, -0.05) is 23.1 Å². The fraction of sp³-hybridized carbons (Fsp3) is 0.143. The van der Waals surface area contributed by atoms with Gasteiger partial charge >= 0.3 is 6.18 Å². The van der Waals surface area contributed by atoms with E-state index in [1.54, 1.807) is 0 Å². The maximum atomic E-state index is 12.1. The summed E-state index contributed by atoms with van der Waals surface area (Å²) in [6.45, 7) is 0. The normalized spacial score (nSPS) is 11.7. The van der Waals surface area contributed by atoms with E-state index in [2.05, 4.69) is 0 Å². The summed E-state index contributed by atoms with van der Waals surface area (Å²) in [5.74, 6) is 0. The van der Waals surface area contributed by atoms with E-state index in [9.17, 15) is 13.2 Å². The quantitative estimate of drug-likeness (QED) is 0.507. The van der Waals surface area contributed by atoms with Crippen LogP contribution in [0.25, 0.3) is 0 Å². The first-order chi connectivity index (χ1) is 5.82. The van der Waals surface area contributed by atoms with E-state index >= 15 is 0 Å². The van der Waals surface area contributed by atoms with Crippen molar-refractivity contribution in [1.82, 2.24) is 0 Å². The minimum Gasteiger partial charge on any atom is -0.398 e. The van der Waals surface area contributed by atoms with Crippen LogP contribution < -0.4 is 11.2 Å². The predicted molar refractivity (Wildman–Crippen MR) is 46.3 cm³/mol. The van der Waals surface area contributed by atoms with Crippen molar-refractivity contribution in [2.24, 2.45) is 0 Å². The van der Waals surface area contributed by atoms with Crippen LogP contribution in [0.15, 0.2) is 12.1 Å². The molecule has 0 saturated heterocycles. The zero-order valence-electron chi connectivity index (χ0n) is 6.32. The molecule has 1 aromatic carbocycles. The van der Waals surface area contributed by atoms with Crippen LogP contribution in [0.2, 0.25) is 5.02 Å². The van der Waals surface area contributed by atoms with Crippen LogP contribution in [0.4, 0.5) is 18.9 Å². The van der Waals surface area contributed by atoms with Crippen molar-refractivity contribution in [3.05, 3.63) is 22.7 Å². The molecule has 0 heterocycles. The number of hydrogen-bond donors (Lipinski definition) is 1. The Kier molecular flexibility index (Phi) is 2.48. The molecule has 1 nitrogen and oxygen atoms in total. The van der Waals surface area contributed by atoms with E-state index < -0.39 is 11.7 Å². The average molecular weight is 205 g/mol. The number of alkyl halides is 3. The van der Waals surface area contributed by atoms with Gasteiger partial charge < -0.3 is 5.73 Å². The van der Waals surface area contributed by atoms with Gasteiger partial charge in [0.25, 0.3) is 0 Å². The predicted octanol–water partition coefficient (Wildman–Crippen LogP) is 1.73. The molecule has 13 heavy (non-hydrogen) atoms. The summed E-state index contributed by atoms with van der Waals surface area (Å²) in [6.07, 6.45) is -4.45. The Balaban J connectivity index is 3.29. The SMILES string of the molecule is [B]c1cc(C(F)(F)F)cc(Cl)c1N. The molecule has 0 aliphatic rings. The minimum absolute atomic E-state index is 0.0327. The molecule has 0 aliphatic carbocycles. The van der Waals surface area contributed by atoms with Gasteiger partial charge in [-0.2, -0.15) is 13.2 Å². The fourth-order valence-corrected chi connectivity index (χ4v) is 1.03. The molecule has 68 valence electrons. The van der Waals surface area contributed by atoms with Crippen LogP contribution in [-0.2, 0) is 6.18 Å². The largest absolute Gasteiger partial charge is 0.416 e. The minimum atomic E-state index is -4.45. The second kappa shape index (κ2) is 3.14. The first kappa shape index (κ1) is 10.2. The van der Waals surface area contributed by atoms with Gasteiger partial charge in [-0.3, -0.25) is 0 Å². The molecular weight excluding hydrogens is 201 g/mol. The Morgan fingerprint density at radius 2 is 1.85 bits per heavy atom. The van der Waals surface area contributed by atoms with Crippen molar-refractivity contribution in [1.29, 1.82) is 0 Å². The molecular formula is C7H4BClF3N. The van der Waals surface area contributed by atoms with E-state index in [1.807, 2.05) is 0 Å². The zero-order chi connectivity index (χ0) is 10.2. The molecule has 0 spiro atoms. The van der Waals surface area contributed by atoms with Crippen molar-refractivity contribution in [2.75, 3.05) is 5.73 Å². The van der Waals surface area contributed by atoms with Crippen molar-refractivity contribution in [2.45, 2.75) is 6.18 Å². The number of nitrogens with two attached hydrogens (primary N) is 1. The fourth-order valence-electron chi connectivity index (χ4n) is 0.803. The van der Waals surface area contributed by atoms with Crippen LogP contribution in [0.5, 0.6) is 0 Å². The second-order valence-corrected chi connectivity index (χ2v) is 2.87. The number of hydrogen-bond acceptors (Lipinski definition) is 1. The number of nitrogen functional groups attached to an aromatic ring is 1. The summed E-state index contributed by atoms with van der Waals surface area (Å²) in [6, 6.07) is 1.49. The standard InChI is InChI=1S/C7H4BClF3N/c8-4-1-3(7(10,11)12)2-5(9)6(4)13/h1-2H,13H2. The lowest BCUT2D eigenvalue weighted by Gasteiger charge is -2.10. The van der Waals surface area contributed by atoms with Gasteiger partial charge in [-0.25, -0.2) is 0 Å². The Bertz CT molecular complexity index is 314. The molecule has 6 heteroatoms. The molecule has 0 fully saturated rings. The van der Waals surface area contributed by atoms with E-state index in [1.165, 1.54) is 0 Å². The molecule has 1 rings (SSSR count). The van der Waals surface area contributed by atoms with E-state index in [0.29, 0.717) is 0 Å². The molecule has 0 saturated carbocycles. The smallest absolute Gasteiger partial charge is 0.398 e. The van der Waals surface area contributed by atoms with Crippen LogP contribution in [0, 0.1) is 0 Å². The van der Waals surface area contributed by atoms with Gasteiger partial charge in [0, 0.05) is 5.69 Å². The molecule has 0 atom stereocenters. The van der Waals surface area contributed by atoms with Crippen LogP contribution in [-0.4, -0.2) is 7.85 Å². The Labute approximate surface area is 79.1 Å². The second-order valence-electron chi connectivity index (χ2n) is 2.46. The number of benzene rings is 1. The third-order valence-corrected chi connectivity index (χ3v) is 1.80. The maximum absolute atomic E-state index is 12.1. The van der Waals surface area contributed by atoms with Crippen molar-refractivity contribution >= 4 is 30.6 Å². The third-order valence-electron chi connectivity index (χ3n) is 1.49. The van der Waals surface area contributed by atoms with Gasteiger partial charge in [0.15, 0.2) is 0 Å². The summed E-state index contributed by atoms with van der Waals surface area (Å²) in [4.78, 5) is 0. The topological polar surface area (TPSA) is 26.0 Å². The number of halogens is 4. The third kappa shape index (κ3) is 2.09. The lowest BCUT2D eigenvalue weighted by atomic mass is 9.92. The highest BCUT2D eigenvalue weighted by atomic mass is 35.5. The van der Waals surface area contributed by atoms with Crippen LogP contribution in [0.1, 0.15) is 5.56 Å². The van der Waals surface area contributed by atoms with E-state index in [-0.39, 0.29) is 16.2 Å². The molecule has 0 unspecified atom stereocenters. The van der Waals surface area contributed by atoms with Gasteiger partial charge in [0.05, 0.1) is 10.6 Å². The summed E-state index contributed by atoms with van der Waals surface area (Å²) >= 11 is 5.42. The van der Waals surface area contributed by atoms with E-state index in [4.69, 9.17) is 25.2 Å². The maximum Gasteiger partial charge on any atom is 0.416 e. The molecule has 0 bridgehead atoms.